The van der Waals surface area contributed by atoms with Gasteiger partial charge in [-0.3, -0.25) is 14.4 Å². The van der Waals surface area contributed by atoms with E-state index >= 15 is 0 Å². The van der Waals surface area contributed by atoms with Crippen molar-refractivity contribution in [2.75, 3.05) is 25.2 Å². The van der Waals surface area contributed by atoms with Gasteiger partial charge in [-0.15, -0.1) is 0 Å². The van der Waals surface area contributed by atoms with Crippen LogP contribution in [0.2, 0.25) is 0 Å². The quantitative estimate of drug-likeness (QED) is 0.823. The van der Waals surface area contributed by atoms with Gasteiger partial charge in [0.15, 0.2) is 11.5 Å². The summed E-state index contributed by atoms with van der Waals surface area (Å²) in [6.45, 7) is 0.936. The molecule has 0 radical (unpaired) electrons. The number of hydrogen-bond donors (Lipinski definition) is 2. The molecule has 8 heteroatoms. The van der Waals surface area contributed by atoms with Gasteiger partial charge in [-0.05, 0) is 49.2 Å². The Bertz CT molecular complexity index is 948. The molecule has 2 aromatic rings. The summed E-state index contributed by atoms with van der Waals surface area (Å²) in [5, 5.41) is 11.9. The molecule has 0 aromatic heterocycles. The molecule has 2 amide bonds. The molecule has 2 heterocycles. The number of anilines is 1. The molecule has 2 N–H and O–H groups in total. The van der Waals surface area contributed by atoms with Crippen LogP contribution in [-0.4, -0.2) is 47.7 Å². The molecule has 0 unspecified atom stereocenters. The lowest BCUT2D eigenvalue weighted by Crippen LogP contribution is -2.40. The van der Waals surface area contributed by atoms with E-state index in [0.29, 0.717) is 54.2 Å². The van der Waals surface area contributed by atoms with Crippen LogP contribution in [0.25, 0.3) is 0 Å². The van der Waals surface area contributed by atoms with E-state index in [2.05, 4.69) is 5.32 Å². The fraction of sp³-hybridized carbons (Fsp3) is 0.286. The zero-order chi connectivity index (χ0) is 20.4. The van der Waals surface area contributed by atoms with Crippen molar-refractivity contribution in [3.63, 3.8) is 0 Å². The van der Waals surface area contributed by atoms with Crippen molar-refractivity contribution in [3.05, 3.63) is 53.6 Å². The number of para-hydroxylation sites is 1. The van der Waals surface area contributed by atoms with Crippen LogP contribution in [0.4, 0.5) is 5.69 Å². The number of carboxylic acids is 1. The third-order valence-electron chi connectivity index (χ3n) is 5.16. The van der Waals surface area contributed by atoms with Crippen molar-refractivity contribution < 1.29 is 29.0 Å². The van der Waals surface area contributed by atoms with E-state index in [1.54, 1.807) is 47.4 Å². The number of aliphatic carboxylic acids is 1. The summed E-state index contributed by atoms with van der Waals surface area (Å²) in [4.78, 5) is 37.9. The summed E-state index contributed by atoms with van der Waals surface area (Å²) < 4.78 is 10.6. The second-order valence-corrected chi connectivity index (χ2v) is 6.98. The molecule has 0 saturated carbocycles. The number of piperidine rings is 1. The van der Waals surface area contributed by atoms with Gasteiger partial charge in [-0.25, -0.2) is 0 Å². The Hall–Kier alpha value is -3.55. The average molecular weight is 396 g/mol. The lowest BCUT2D eigenvalue weighted by molar-refractivity contribution is -0.143. The van der Waals surface area contributed by atoms with Crippen molar-refractivity contribution in [1.29, 1.82) is 0 Å². The Labute approximate surface area is 167 Å². The Morgan fingerprint density at radius 2 is 1.72 bits per heavy atom. The van der Waals surface area contributed by atoms with Gasteiger partial charge in [-0.1, -0.05) is 6.07 Å². The second kappa shape index (κ2) is 7.83. The Morgan fingerprint density at radius 1 is 1.00 bits per heavy atom. The summed E-state index contributed by atoms with van der Waals surface area (Å²) in [6, 6.07) is 11.7. The maximum atomic E-state index is 12.6. The minimum absolute atomic E-state index is 0.0835. The monoisotopic (exact) mass is 396 g/mol. The van der Waals surface area contributed by atoms with Crippen LogP contribution in [0.5, 0.6) is 11.5 Å². The SMILES string of the molecule is O=C(Nc1ccc(C(=O)N2CCC(C(=O)O)CC2)cc1)c1cccc2c1OCO2. The molecular weight excluding hydrogens is 376 g/mol. The number of carbonyl (C=O) groups excluding carboxylic acids is 2. The molecule has 0 aliphatic carbocycles. The van der Waals surface area contributed by atoms with Crippen LogP contribution in [0.3, 0.4) is 0 Å². The van der Waals surface area contributed by atoms with E-state index in [-0.39, 0.29) is 24.5 Å². The standard InChI is InChI=1S/C21H20N2O6/c24-19(16-2-1-3-17-18(16)29-12-28-17)22-15-6-4-13(5-7-15)20(25)23-10-8-14(9-11-23)21(26)27/h1-7,14H,8-12H2,(H,22,24)(H,26,27). The molecule has 1 fully saturated rings. The van der Waals surface area contributed by atoms with Crippen molar-refractivity contribution in [2.24, 2.45) is 5.92 Å². The molecule has 0 atom stereocenters. The third-order valence-corrected chi connectivity index (χ3v) is 5.16. The predicted octanol–water partition coefficient (Wildman–Crippen LogP) is 2.60. The van der Waals surface area contributed by atoms with E-state index < -0.39 is 5.97 Å². The maximum Gasteiger partial charge on any atom is 0.306 e. The number of carboxylic acid groups (broad SMARTS) is 1. The molecule has 0 spiro atoms. The number of hydrogen-bond acceptors (Lipinski definition) is 5. The number of carbonyl (C=O) groups is 3. The highest BCUT2D eigenvalue weighted by atomic mass is 16.7. The first-order chi connectivity index (χ1) is 14.0. The Morgan fingerprint density at radius 3 is 2.41 bits per heavy atom. The van der Waals surface area contributed by atoms with Crippen LogP contribution in [-0.2, 0) is 4.79 Å². The van der Waals surface area contributed by atoms with E-state index in [0.717, 1.165) is 0 Å². The van der Waals surface area contributed by atoms with Gasteiger partial charge in [0.05, 0.1) is 11.5 Å². The highest BCUT2D eigenvalue weighted by Crippen LogP contribution is 2.35. The Kier molecular flexibility index (Phi) is 5.07. The van der Waals surface area contributed by atoms with Crippen LogP contribution in [0.1, 0.15) is 33.6 Å². The van der Waals surface area contributed by atoms with Crippen molar-refractivity contribution >= 4 is 23.5 Å². The first-order valence-corrected chi connectivity index (χ1v) is 9.35. The summed E-state index contributed by atoms with van der Waals surface area (Å²) in [7, 11) is 0. The molecule has 8 nitrogen and oxygen atoms in total. The van der Waals surface area contributed by atoms with E-state index in [1.165, 1.54) is 0 Å². The number of likely N-dealkylation sites (tertiary alicyclic amines) is 1. The first kappa shape index (κ1) is 18.8. The van der Waals surface area contributed by atoms with Crippen LogP contribution >= 0.6 is 0 Å². The van der Waals surface area contributed by atoms with Gasteiger partial charge in [0, 0.05) is 24.3 Å². The molecule has 2 aromatic carbocycles. The molecule has 2 aliphatic rings. The van der Waals surface area contributed by atoms with Gasteiger partial charge in [0.25, 0.3) is 11.8 Å². The number of ether oxygens (including phenoxy) is 2. The molecular formula is C21H20N2O6. The van der Waals surface area contributed by atoms with Gasteiger partial charge < -0.3 is 24.8 Å². The Balaban J connectivity index is 1.39. The number of fused-ring (bicyclic) bond motifs is 1. The maximum absolute atomic E-state index is 12.6. The highest BCUT2D eigenvalue weighted by Gasteiger charge is 2.27. The number of rotatable bonds is 4. The predicted molar refractivity (Wildman–Crippen MR) is 103 cm³/mol. The minimum Gasteiger partial charge on any atom is -0.481 e. The molecule has 0 bridgehead atoms. The number of nitrogens with one attached hydrogen (secondary N) is 1. The molecule has 4 rings (SSSR count). The van der Waals surface area contributed by atoms with Crippen LogP contribution in [0, 0.1) is 5.92 Å². The van der Waals surface area contributed by atoms with E-state index in [4.69, 9.17) is 14.6 Å². The minimum atomic E-state index is -0.807. The smallest absolute Gasteiger partial charge is 0.306 e. The largest absolute Gasteiger partial charge is 0.481 e. The van der Waals surface area contributed by atoms with Crippen molar-refractivity contribution in [2.45, 2.75) is 12.8 Å². The summed E-state index contributed by atoms with van der Waals surface area (Å²) >= 11 is 0. The molecule has 150 valence electrons. The topological polar surface area (TPSA) is 105 Å². The number of benzene rings is 2. The number of nitrogens with zero attached hydrogens (tertiary/aromatic N) is 1. The molecule has 1 saturated heterocycles. The fourth-order valence-corrected chi connectivity index (χ4v) is 3.52. The molecule has 29 heavy (non-hydrogen) atoms. The van der Waals surface area contributed by atoms with Gasteiger partial charge in [0.2, 0.25) is 6.79 Å². The lowest BCUT2D eigenvalue weighted by atomic mass is 9.96. The van der Waals surface area contributed by atoms with E-state index in [1.807, 2.05) is 0 Å². The average Bonchev–Trinajstić information content (AvgIpc) is 3.22. The van der Waals surface area contributed by atoms with Crippen molar-refractivity contribution in [3.8, 4) is 11.5 Å². The number of amides is 2. The second-order valence-electron chi connectivity index (χ2n) is 6.98. The summed E-state index contributed by atoms with van der Waals surface area (Å²) in [5.41, 5.74) is 1.42. The highest BCUT2D eigenvalue weighted by molar-refractivity contribution is 6.07. The summed E-state index contributed by atoms with van der Waals surface area (Å²) in [5.74, 6) is -0.712. The van der Waals surface area contributed by atoms with E-state index in [9.17, 15) is 14.4 Å². The fourth-order valence-electron chi connectivity index (χ4n) is 3.52. The third kappa shape index (κ3) is 3.87. The zero-order valence-electron chi connectivity index (χ0n) is 15.6. The summed E-state index contributed by atoms with van der Waals surface area (Å²) in [6.07, 6.45) is 0.921. The first-order valence-electron chi connectivity index (χ1n) is 9.35. The van der Waals surface area contributed by atoms with Gasteiger partial charge >= 0.3 is 5.97 Å². The molecule has 2 aliphatic heterocycles. The normalized spacial score (nSPS) is 15.8. The zero-order valence-corrected chi connectivity index (χ0v) is 15.6. The van der Waals surface area contributed by atoms with Gasteiger partial charge in [-0.2, -0.15) is 0 Å². The van der Waals surface area contributed by atoms with Gasteiger partial charge in [0.1, 0.15) is 0 Å². The lowest BCUT2D eigenvalue weighted by Gasteiger charge is -2.30. The van der Waals surface area contributed by atoms with Crippen molar-refractivity contribution in [1.82, 2.24) is 4.90 Å². The van der Waals surface area contributed by atoms with Crippen LogP contribution in [0.15, 0.2) is 42.5 Å². The van der Waals surface area contributed by atoms with Crippen LogP contribution < -0.4 is 14.8 Å².